The van der Waals surface area contributed by atoms with Crippen LogP contribution >= 0.6 is 22.6 Å². The van der Waals surface area contributed by atoms with E-state index in [1.54, 1.807) is 13.1 Å². The number of H-pyrrole nitrogens is 1. The van der Waals surface area contributed by atoms with Crippen molar-refractivity contribution in [1.82, 2.24) is 15.2 Å². The molecule has 0 saturated carbocycles. The molecule has 0 radical (unpaired) electrons. The fourth-order valence-corrected chi connectivity index (χ4v) is 3.78. The number of aromatic amines is 1. The SMILES string of the molecule is CC(=N)[C@@H]1CC(F)CN1C(=O)CNC(=O)c1c[nH]c2c(I)cccc12. The first-order valence-corrected chi connectivity index (χ1v) is 8.98. The smallest absolute Gasteiger partial charge is 0.253 e. The summed E-state index contributed by atoms with van der Waals surface area (Å²) in [6.45, 7) is 1.32. The number of para-hydroxylation sites is 1. The van der Waals surface area contributed by atoms with Crippen molar-refractivity contribution in [3.63, 3.8) is 0 Å². The van der Waals surface area contributed by atoms with E-state index in [0.29, 0.717) is 5.56 Å². The summed E-state index contributed by atoms with van der Waals surface area (Å²) in [6.07, 6.45) is 0.640. The van der Waals surface area contributed by atoms with Crippen LogP contribution in [0.3, 0.4) is 0 Å². The molecule has 2 heterocycles. The van der Waals surface area contributed by atoms with Gasteiger partial charge in [0, 0.05) is 27.3 Å². The molecule has 0 bridgehead atoms. The minimum atomic E-state index is -1.12. The average molecular weight is 456 g/mol. The predicted molar refractivity (Wildman–Crippen MR) is 102 cm³/mol. The molecule has 25 heavy (non-hydrogen) atoms. The Kier molecular flexibility index (Phi) is 5.07. The number of rotatable bonds is 4. The first-order valence-electron chi connectivity index (χ1n) is 7.91. The van der Waals surface area contributed by atoms with E-state index in [4.69, 9.17) is 5.41 Å². The second-order valence-corrected chi connectivity index (χ2v) is 7.29. The van der Waals surface area contributed by atoms with Gasteiger partial charge in [-0.15, -0.1) is 0 Å². The lowest BCUT2D eigenvalue weighted by Gasteiger charge is -2.23. The monoisotopic (exact) mass is 456 g/mol. The summed E-state index contributed by atoms with van der Waals surface area (Å²) in [6, 6.07) is 5.12. The molecular weight excluding hydrogens is 438 g/mol. The largest absolute Gasteiger partial charge is 0.360 e. The van der Waals surface area contributed by atoms with Crippen LogP contribution in [0.5, 0.6) is 0 Å². The molecule has 1 aliphatic rings. The Balaban J connectivity index is 1.68. The number of nitrogens with one attached hydrogen (secondary N) is 3. The second-order valence-electron chi connectivity index (χ2n) is 6.13. The van der Waals surface area contributed by atoms with E-state index in [-0.39, 0.29) is 37.0 Å². The molecule has 6 nitrogen and oxygen atoms in total. The van der Waals surface area contributed by atoms with Gasteiger partial charge >= 0.3 is 0 Å². The first kappa shape index (κ1) is 17.8. The zero-order valence-corrected chi connectivity index (χ0v) is 15.8. The van der Waals surface area contributed by atoms with Gasteiger partial charge in [-0.25, -0.2) is 4.39 Å². The van der Waals surface area contributed by atoms with Crippen LogP contribution in [0.25, 0.3) is 10.9 Å². The van der Waals surface area contributed by atoms with Crippen molar-refractivity contribution in [2.45, 2.75) is 25.6 Å². The van der Waals surface area contributed by atoms with Gasteiger partial charge in [0.1, 0.15) is 6.17 Å². The van der Waals surface area contributed by atoms with Crippen molar-refractivity contribution in [2.75, 3.05) is 13.1 Å². The average Bonchev–Trinajstić information content (AvgIpc) is 3.17. The highest BCUT2D eigenvalue weighted by Crippen LogP contribution is 2.23. The lowest BCUT2D eigenvalue weighted by atomic mass is 10.1. The van der Waals surface area contributed by atoms with Gasteiger partial charge < -0.3 is 20.6 Å². The number of halogens is 2. The fraction of sp³-hybridized carbons (Fsp3) is 0.353. The van der Waals surface area contributed by atoms with Crippen molar-refractivity contribution in [3.8, 4) is 0 Å². The van der Waals surface area contributed by atoms with Crippen molar-refractivity contribution >= 4 is 51.0 Å². The number of alkyl halides is 1. The number of fused-ring (bicyclic) bond motifs is 1. The van der Waals surface area contributed by atoms with Gasteiger partial charge in [-0.1, -0.05) is 12.1 Å². The Bertz CT molecular complexity index is 850. The van der Waals surface area contributed by atoms with Crippen molar-refractivity contribution < 1.29 is 14.0 Å². The highest BCUT2D eigenvalue weighted by Gasteiger charge is 2.36. The number of benzene rings is 1. The van der Waals surface area contributed by atoms with E-state index < -0.39 is 12.2 Å². The van der Waals surface area contributed by atoms with E-state index >= 15 is 0 Å². The minimum Gasteiger partial charge on any atom is -0.360 e. The fourth-order valence-electron chi connectivity index (χ4n) is 3.13. The summed E-state index contributed by atoms with van der Waals surface area (Å²) >= 11 is 2.18. The highest BCUT2D eigenvalue weighted by molar-refractivity contribution is 14.1. The standard InChI is InChI=1S/C17H18FIN4O2/c1-9(20)14-5-10(18)8-23(14)15(24)7-22-17(25)12-6-21-16-11(12)3-2-4-13(16)19/h2-4,6,10,14,20-21H,5,7-8H2,1H3,(H,22,25)/t10?,14-/m0/s1. The molecule has 1 fully saturated rings. The van der Waals surface area contributed by atoms with Gasteiger partial charge in [0.25, 0.3) is 5.91 Å². The Labute approximate surface area is 157 Å². The van der Waals surface area contributed by atoms with E-state index in [1.807, 2.05) is 18.2 Å². The summed E-state index contributed by atoms with van der Waals surface area (Å²) in [7, 11) is 0. The van der Waals surface area contributed by atoms with Crippen LogP contribution in [0.2, 0.25) is 0 Å². The van der Waals surface area contributed by atoms with Gasteiger partial charge in [0.15, 0.2) is 0 Å². The maximum atomic E-state index is 13.6. The van der Waals surface area contributed by atoms with E-state index in [2.05, 4.69) is 32.9 Å². The topological polar surface area (TPSA) is 89.1 Å². The summed E-state index contributed by atoms with van der Waals surface area (Å²) in [5, 5.41) is 11.1. The molecule has 3 rings (SSSR count). The van der Waals surface area contributed by atoms with Crippen LogP contribution in [0, 0.1) is 8.98 Å². The lowest BCUT2D eigenvalue weighted by Crippen LogP contribution is -2.45. The molecule has 8 heteroatoms. The number of hydrogen-bond donors (Lipinski definition) is 3. The molecule has 1 saturated heterocycles. The van der Waals surface area contributed by atoms with Crippen LogP contribution in [-0.4, -0.2) is 52.7 Å². The van der Waals surface area contributed by atoms with Gasteiger partial charge in [0.05, 0.1) is 30.2 Å². The van der Waals surface area contributed by atoms with Gasteiger partial charge in [-0.2, -0.15) is 0 Å². The number of nitrogens with zero attached hydrogens (tertiary/aromatic N) is 1. The number of aromatic nitrogens is 1. The second kappa shape index (κ2) is 7.11. The molecule has 0 aliphatic carbocycles. The molecule has 1 aromatic carbocycles. The summed E-state index contributed by atoms with van der Waals surface area (Å²) in [5.41, 5.74) is 1.59. The Morgan fingerprint density at radius 3 is 2.96 bits per heavy atom. The maximum Gasteiger partial charge on any atom is 0.253 e. The van der Waals surface area contributed by atoms with Crippen LogP contribution in [0.4, 0.5) is 4.39 Å². The molecule has 132 valence electrons. The van der Waals surface area contributed by atoms with Crippen molar-refractivity contribution in [2.24, 2.45) is 0 Å². The number of hydrogen-bond acceptors (Lipinski definition) is 3. The third-order valence-corrected chi connectivity index (χ3v) is 5.28. The summed E-state index contributed by atoms with van der Waals surface area (Å²) in [4.78, 5) is 29.2. The minimum absolute atomic E-state index is 0.0269. The highest BCUT2D eigenvalue weighted by atomic mass is 127. The Hall–Kier alpha value is -1.97. The maximum absolute atomic E-state index is 13.6. The normalized spacial score (nSPS) is 20.0. The Morgan fingerprint density at radius 1 is 1.48 bits per heavy atom. The molecule has 0 spiro atoms. The molecule has 1 aromatic heterocycles. The zero-order valence-electron chi connectivity index (χ0n) is 13.6. The number of amides is 2. The zero-order chi connectivity index (χ0) is 18.1. The molecule has 1 unspecified atom stereocenters. The summed E-state index contributed by atoms with van der Waals surface area (Å²) < 4.78 is 14.6. The van der Waals surface area contributed by atoms with E-state index in [1.165, 1.54) is 4.90 Å². The number of carbonyl (C=O) groups is 2. The lowest BCUT2D eigenvalue weighted by molar-refractivity contribution is -0.130. The van der Waals surface area contributed by atoms with Crippen LogP contribution < -0.4 is 5.32 Å². The number of carbonyl (C=O) groups excluding carboxylic acids is 2. The molecule has 1 aliphatic heterocycles. The third kappa shape index (κ3) is 3.53. The summed E-state index contributed by atoms with van der Waals surface area (Å²) in [5.74, 6) is -0.736. The Morgan fingerprint density at radius 2 is 2.24 bits per heavy atom. The van der Waals surface area contributed by atoms with Gasteiger partial charge in [-0.3, -0.25) is 9.59 Å². The van der Waals surface area contributed by atoms with Crippen LogP contribution in [-0.2, 0) is 4.79 Å². The van der Waals surface area contributed by atoms with E-state index in [0.717, 1.165) is 14.5 Å². The molecule has 2 amide bonds. The predicted octanol–water partition coefficient (Wildman–Crippen LogP) is 2.48. The van der Waals surface area contributed by atoms with E-state index in [9.17, 15) is 14.0 Å². The van der Waals surface area contributed by atoms with Gasteiger partial charge in [0.2, 0.25) is 5.91 Å². The third-order valence-electron chi connectivity index (χ3n) is 4.38. The molecule has 2 atom stereocenters. The molecular formula is C17H18FIN4O2. The molecule has 2 aromatic rings. The van der Waals surface area contributed by atoms with Crippen molar-refractivity contribution in [3.05, 3.63) is 33.5 Å². The van der Waals surface area contributed by atoms with Gasteiger partial charge in [-0.05, 0) is 35.6 Å². The van der Waals surface area contributed by atoms with Crippen LogP contribution in [0.15, 0.2) is 24.4 Å². The quantitative estimate of drug-likeness (QED) is 0.488. The first-order chi connectivity index (χ1) is 11.9. The number of likely N-dealkylation sites (tertiary alicyclic amines) is 1. The van der Waals surface area contributed by atoms with Crippen LogP contribution in [0.1, 0.15) is 23.7 Å². The molecule has 3 N–H and O–H groups in total. The van der Waals surface area contributed by atoms with Crippen molar-refractivity contribution in [1.29, 1.82) is 5.41 Å².